The Morgan fingerprint density at radius 1 is 1.24 bits per heavy atom. The van der Waals surface area contributed by atoms with Crippen molar-refractivity contribution in [2.24, 2.45) is 0 Å². The number of carbonyl (C=O) groups excluding carboxylic acids is 2. The predicted octanol–water partition coefficient (Wildman–Crippen LogP) is 2.57. The van der Waals surface area contributed by atoms with Crippen LogP contribution in [0.1, 0.15) is 24.8 Å². The molecular weight excluding hydrogens is 288 g/mol. The van der Waals surface area contributed by atoms with Crippen molar-refractivity contribution < 1.29 is 14.3 Å². The summed E-state index contributed by atoms with van der Waals surface area (Å²) in [6, 6.07) is 8.77. The number of anilines is 1. The first-order chi connectivity index (χ1) is 10.2. The average Bonchev–Trinajstić information content (AvgIpc) is 2.51. The number of nitriles is 1. The van der Waals surface area contributed by atoms with Crippen molar-refractivity contribution in [3.05, 3.63) is 29.8 Å². The third kappa shape index (κ3) is 7.37. The fourth-order valence-corrected chi connectivity index (χ4v) is 2.41. The lowest BCUT2D eigenvalue weighted by Crippen LogP contribution is -2.11. The molecule has 0 spiro atoms. The molecule has 5 nitrogen and oxygen atoms in total. The zero-order valence-electron chi connectivity index (χ0n) is 11.9. The lowest BCUT2D eigenvalue weighted by molar-refractivity contribution is -0.140. The van der Waals surface area contributed by atoms with Gasteiger partial charge in [0, 0.05) is 17.9 Å². The number of ether oxygens (including phenoxy) is 1. The SMILES string of the molecule is COC(=O)CCSCCCC(=O)Nc1ccc(C#N)cc1. The van der Waals surface area contributed by atoms with Crippen molar-refractivity contribution in [3.8, 4) is 6.07 Å². The van der Waals surface area contributed by atoms with Gasteiger partial charge < -0.3 is 10.1 Å². The fourth-order valence-electron chi connectivity index (χ4n) is 1.55. The molecule has 1 amide bonds. The van der Waals surface area contributed by atoms with Gasteiger partial charge in [-0.2, -0.15) is 17.0 Å². The number of nitrogens with one attached hydrogen (secondary N) is 1. The molecule has 1 rings (SSSR count). The second kappa shape index (κ2) is 9.83. The van der Waals surface area contributed by atoms with Crippen LogP contribution < -0.4 is 5.32 Å². The van der Waals surface area contributed by atoms with E-state index >= 15 is 0 Å². The molecule has 0 aliphatic heterocycles. The summed E-state index contributed by atoms with van der Waals surface area (Å²) in [4.78, 5) is 22.6. The molecule has 21 heavy (non-hydrogen) atoms. The Labute approximate surface area is 128 Å². The number of nitrogens with zero attached hydrogens (tertiary/aromatic N) is 1. The smallest absolute Gasteiger partial charge is 0.306 e. The summed E-state index contributed by atoms with van der Waals surface area (Å²) in [7, 11) is 1.38. The van der Waals surface area contributed by atoms with Crippen molar-refractivity contribution in [2.75, 3.05) is 23.9 Å². The number of amides is 1. The summed E-state index contributed by atoms with van der Waals surface area (Å²) < 4.78 is 4.54. The maximum absolute atomic E-state index is 11.7. The highest BCUT2D eigenvalue weighted by molar-refractivity contribution is 7.99. The van der Waals surface area contributed by atoms with Crippen LogP contribution in [0.2, 0.25) is 0 Å². The first-order valence-electron chi connectivity index (χ1n) is 6.60. The quantitative estimate of drug-likeness (QED) is 0.590. The molecule has 0 radical (unpaired) electrons. The highest BCUT2D eigenvalue weighted by Crippen LogP contribution is 2.11. The molecule has 0 aliphatic carbocycles. The molecule has 0 unspecified atom stereocenters. The first-order valence-corrected chi connectivity index (χ1v) is 7.75. The van der Waals surface area contributed by atoms with E-state index in [1.54, 1.807) is 36.0 Å². The predicted molar refractivity (Wildman–Crippen MR) is 83.0 cm³/mol. The minimum Gasteiger partial charge on any atom is -0.469 e. The molecule has 112 valence electrons. The number of benzene rings is 1. The van der Waals surface area contributed by atoms with Gasteiger partial charge in [-0.15, -0.1) is 0 Å². The molecule has 0 bridgehead atoms. The molecule has 0 aromatic heterocycles. The summed E-state index contributed by atoms with van der Waals surface area (Å²) in [5, 5.41) is 11.5. The van der Waals surface area contributed by atoms with E-state index in [1.165, 1.54) is 7.11 Å². The summed E-state index contributed by atoms with van der Waals surface area (Å²) in [5.74, 6) is 1.29. The van der Waals surface area contributed by atoms with E-state index in [4.69, 9.17) is 5.26 Å². The van der Waals surface area contributed by atoms with Crippen molar-refractivity contribution in [3.63, 3.8) is 0 Å². The second-order valence-electron chi connectivity index (χ2n) is 4.28. The summed E-state index contributed by atoms with van der Waals surface area (Å²) in [6.45, 7) is 0. The summed E-state index contributed by atoms with van der Waals surface area (Å²) in [6.07, 6.45) is 1.60. The number of rotatable bonds is 8. The van der Waals surface area contributed by atoms with E-state index in [2.05, 4.69) is 10.1 Å². The zero-order chi connectivity index (χ0) is 15.5. The van der Waals surface area contributed by atoms with Crippen LogP contribution in [0.4, 0.5) is 5.69 Å². The van der Waals surface area contributed by atoms with Crippen molar-refractivity contribution >= 4 is 29.3 Å². The highest BCUT2D eigenvalue weighted by atomic mass is 32.2. The lowest BCUT2D eigenvalue weighted by Gasteiger charge is -2.05. The second-order valence-corrected chi connectivity index (χ2v) is 5.50. The molecule has 0 saturated heterocycles. The van der Waals surface area contributed by atoms with Crippen LogP contribution >= 0.6 is 11.8 Å². The normalized spacial score (nSPS) is 9.71. The average molecular weight is 306 g/mol. The van der Waals surface area contributed by atoms with Crippen LogP contribution in [0, 0.1) is 11.3 Å². The standard InChI is InChI=1S/C15H18N2O3S/c1-20-15(19)8-10-21-9-2-3-14(18)17-13-6-4-12(11-16)5-7-13/h4-7H,2-3,8-10H2,1H3,(H,17,18). The third-order valence-electron chi connectivity index (χ3n) is 2.67. The van der Waals surface area contributed by atoms with Crippen LogP contribution in [0.25, 0.3) is 0 Å². The minimum absolute atomic E-state index is 0.0479. The van der Waals surface area contributed by atoms with Crippen LogP contribution in [-0.4, -0.2) is 30.5 Å². The van der Waals surface area contributed by atoms with Gasteiger partial charge >= 0.3 is 5.97 Å². The molecule has 0 saturated carbocycles. The van der Waals surface area contributed by atoms with E-state index < -0.39 is 0 Å². The van der Waals surface area contributed by atoms with Gasteiger partial charge in [-0.1, -0.05) is 0 Å². The lowest BCUT2D eigenvalue weighted by atomic mass is 10.2. The molecule has 1 aromatic rings. The van der Waals surface area contributed by atoms with Gasteiger partial charge in [0.25, 0.3) is 0 Å². The van der Waals surface area contributed by atoms with Gasteiger partial charge in [0.2, 0.25) is 5.91 Å². The van der Waals surface area contributed by atoms with Crippen LogP contribution in [0.15, 0.2) is 24.3 Å². The van der Waals surface area contributed by atoms with Gasteiger partial charge in [0.1, 0.15) is 0 Å². The molecule has 1 aromatic carbocycles. The Morgan fingerprint density at radius 3 is 2.57 bits per heavy atom. The number of carbonyl (C=O) groups is 2. The summed E-state index contributed by atoms with van der Waals surface area (Å²) in [5.41, 5.74) is 1.26. The Hall–Kier alpha value is -2.00. The van der Waals surface area contributed by atoms with Gasteiger partial charge in [-0.25, -0.2) is 0 Å². The number of hydrogen-bond donors (Lipinski definition) is 1. The Bertz CT molecular complexity index is 509. The van der Waals surface area contributed by atoms with E-state index in [1.807, 2.05) is 6.07 Å². The Balaban J connectivity index is 2.13. The zero-order valence-corrected chi connectivity index (χ0v) is 12.7. The van der Waals surface area contributed by atoms with Crippen LogP contribution in [0.3, 0.4) is 0 Å². The van der Waals surface area contributed by atoms with Gasteiger partial charge in [0.05, 0.1) is 25.2 Å². The highest BCUT2D eigenvalue weighted by Gasteiger charge is 2.03. The number of methoxy groups -OCH3 is 1. The van der Waals surface area contributed by atoms with Crippen LogP contribution in [-0.2, 0) is 14.3 Å². The first kappa shape index (κ1) is 17.1. The molecule has 0 heterocycles. The molecule has 6 heteroatoms. The molecular formula is C15H18N2O3S. The summed E-state index contributed by atoms with van der Waals surface area (Å²) >= 11 is 1.63. The Morgan fingerprint density at radius 2 is 1.95 bits per heavy atom. The van der Waals surface area contributed by atoms with Crippen molar-refractivity contribution in [2.45, 2.75) is 19.3 Å². The topological polar surface area (TPSA) is 79.2 Å². The maximum Gasteiger partial charge on any atom is 0.306 e. The largest absolute Gasteiger partial charge is 0.469 e. The fraction of sp³-hybridized carbons (Fsp3) is 0.400. The van der Waals surface area contributed by atoms with E-state index in [9.17, 15) is 9.59 Å². The third-order valence-corrected chi connectivity index (χ3v) is 3.74. The number of thioether (sulfide) groups is 1. The van der Waals surface area contributed by atoms with Gasteiger partial charge in [-0.3, -0.25) is 9.59 Å². The van der Waals surface area contributed by atoms with Gasteiger partial charge in [0.15, 0.2) is 0 Å². The molecule has 0 fully saturated rings. The number of esters is 1. The number of hydrogen-bond acceptors (Lipinski definition) is 5. The molecule has 0 aliphatic rings. The van der Waals surface area contributed by atoms with E-state index in [-0.39, 0.29) is 11.9 Å². The van der Waals surface area contributed by atoms with E-state index in [0.717, 1.165) is 12.2 Å². The Kier molecular flexibility index (Phi) is 7.99. The molecule has 0 atom stereocenters. The van der Waals surface area contributed by atoms with Gasteiger partial charge in [-0.05, 0) is 36.4 Å². The van der Waals surface area contributed by atoms with Crippen LogP contribution in [0.5, 0.6) is 0 Å². The molecule has 1 N–H and O–H groups in total. The van der Waals surface area contributed by atoms with Crippen molar-refractivity contribution in [1.82, 2.24) is 0 Å². The maximum atomic E-state index is 11.7. The monoisotopic (exact) mass is 306 g/mol. The van der Waals surface area contributed by atoms with E-state index in [0.29, 0.717) is 29.8 Å². The van der Waals surface area contributed by atoms with Crippen molar-refractivity contribution in [1.29, 1.82) is 5.26 Å². The minimum atomic E-state index is -0.207.